The van der Waals surface area contributed by atoms with Crippen molar-refractivity contribution in [1.82, 2.24) is 19.6 Å². The molecule has 0 spiro atoms. The van der Waals surface area contributed by atoms with Crippen LogP contribution < -0.4 is 4.90 Å². The molecule has 0 radical (unpaired) electrons. The van der Waals surface area contributed by atoms with Gasteiger partial charge in [-0.2, -0.15) is 0 Å². The van der Waals surface area contributed by atoms with Crippen molar-refractivity contribution in [1.29, 1.82) is 0 Å². The molecule has 0 aliphatic rings. The topological polar surface area (TPSA) is 63.4 Å². The van der Waals surface area contributed by atoms with Gasteiger partial charge in [0.1, 0.15) is 0 Å². The van der Waals surface area contributed by atoms with Gasteiger partial charge in [0.15, 0.2) is 15.9 Å². The zero-order valence-electron chi connectivity index (χ0n) is 15.3. The van der Waals surface area contributed by atoms with Crippen LogP contribution in [0, 0.1) is 6.92 Å². The summed E-state index contributed by atoms with van der Waals surface area (Å²) in [6.45, 7) is 6.23. The molecule has 4 aromatic rings. The number of carbonyl (C=O) groups excluding carboxylic acids is 1. The largest absolute Gasteiger partial charge is 0.289 e. The minimum absolute atomic E-state index is 0.0105. The van der Waals surface area contributed by atoms with Crippen LogP contribution in [0.2, 0.25) is 0 Å². The molecule has 4 rings (SSSR count). The van der Waals surface area contributed by atoms with Crippen molar-refractivity contribution < 1.29 is 4.79 Å². The molecule has 8 heteroatoms. The molecule has 0 aliphatic heterocycles. The van der Waals surface area contributed by atoms with E-state index in [4.69, 9.17) is 0 Å². The van der Waals surface area contributed by atoms with Gasteiger partial charge in [-0.15, -0.1) is 21.5 Å². The molecule has 1 aromatic carbocycles. The van der Waals surface area contributed by atoms with E-state index in [0.29, 0.717) is 12.3 Å². The van der Waals surface area contributed by atoms with Gasteiger partial charge in [-0.05, 0) is 31.5 Å². The van der Waals surface area contributed by atoms with Gasteiger partial charge in [0, 0.05) is 30.0 Å². The highest BCUT2D eigenvalue weighted by atomic mass is 32.2. The van der Waals surface area contributed by atoms with Crippen LogP contribution >= 0.6 is 23.1 Å². The first-order chi connectivity index (χ1) is 13.1. The van der Waals surface area contributed by atoms with Crippen LogP contribution in [-0.4, -0.2) is 32.0 Å². The average Bonchev–Trinajstić information content (AvgIpc) is 3.28. The second-order valence-corrected chi connectivity index (χ2v) is 7.97. The zero-order chi connectivity index (χ0) is 19.0. The number of fused-ring (bicyclic) bond motifs is 3. The van der Waals surface area contributed by atoms with Gasteiger partial charge in [-0.1, -0.05) is 30.0 Å². The van der Waals surface area contributed by atoms with E-state index in [1.54, 1.807) is 23.6 Å². The average molecular weight is 398 g/mol. The number of benzene rings is 1. The highest BCUT2D eigenvalue weighted by Gasteiger charge is 2.15. The first kappa shape index (κ1) is 17.9. The van der Waals surface area contributed by atoms with Gasteiger partial charge < -0.3 is 0 Å². The van der Waals surface area contributed by atoms with Gasteiger partial charge in [0.2, 0.25) is 5.91 Å². The zero-order valence-corrected chi connectivity index (χ0v) is 17.0. The molecule has 0 fully saturated rings. The number of hydrogen-bond donors (Lipinski definition) is 0. The highest BCUT2D eigenvalue weighted by molar-refractivity contribution is 7.98. The molecule has 27 heavy (non-hydrogen) atoms. The lowest BCUT2D eigenvalue weighted by Gasteiger charge is -2.14. The van der Waals surface area contributed by atoms with Gasteiger partial charge in [-0.25, -0.2) is 4.98 Å². The van der Waals surface area contributed by atoms with E-state index in [0.717, 1.165) is 27.1 Å². The maximum atomic E-state index is 11.7. The fourth-order valence-corrected chi connectivity index (χ4v) is 4.97. The van der Waals surface area contributed by atoms with E-state index in [-0.39, 0.29) is 5.91 Å². The molecule has 0 aliphatic carbocycles. The number of aryl methyl sites for hydroxylation is 1. The van der Waals surface area contributed by atoms with Crippen LogP contribution in [0.3, 0.4) is 0 Å². The highest BCUT2D eigenvalue weighted by Crippen LogP contribution is 2.29. The predicted octanol–water partition coefficient (Wildman–Crippen LogP) is 4.31. The Morgan fingerprint density at radius 1 is 1.30 bits per heavy atom. The normalized spacial score (nSPS) is 11.4. The van der Waals surface area contributed by atoms with E-state index in [1.807, 2.05) is 24.4 Å². The second kappa shape index (κ2) is 7.28. The summed E-state index contributed by atoms with van der Waals surface area (Å²) in [6.07, 6.45) is 0. The summed E-state index contributed by atoms with van der Waals surface area (Å²) >= 11 is 3.10. The number of amides is 1. The minimum atomic E-state index is 0.0105. The molecule has 1 amide bonds. The molecule has 0 saturated carbocycles. The number of rotatable bonds is 5. The van der Waals surface area contributed by atoms with E-state index >= 15 is 0 Å². The van der Waals surface area contributed by atoms with E-state index in [9.17, 15) is 4.79 Å². The quantitative estimate of drug-likeness (QED) is 0.470. The summed E-state index contributed by atoms with van der Waals surface area (Å²) in [6, 6.07) is 10.3. The van der Waals surface area contributed by atoms with E-state index in [2.05, 4.69) is 44.7 Å². The fraction of sp³-hybridized carbons (Fsp3) is 0.263. The van der Waals surface area contributed by atoms with Gasteiger partial charge in [-0.3, -0.25) is 14.1 Å². The van der Waals surface area contributed by atoms with Crippen molar-refractivity contribution in [3.8, 4) is 0 Å². The van der Waals surface area contributed by atoms with Crippen molar-refractivity contribution in [2.75, 3.05) is 11.4 Å². The third kappa shape index (κ3) is 3.30. The molecule has 138 valence electrons. The third-order valence-corrected chi connectivity index (χ3v) is 6.26. The summed E-state index contributed by atoms with van der Waals surface area (Å²) < 4.78 is 2.09. The Labute approximate surface area is 165 Å². The van der Waals surface area contributed by atoms with Gasteiger partial charge in [0.05, 0.1) is 11.2 Å². The summed E-state index contributed by atoms with van der Waals surface area (Å²) in [5, 5.41) is 13.5. The molecular formula is C19H19N5OS2. The first-order valence-corrected chi connectivity index (χ1v) is 10.5. The Balaban J connectivity index is 1.63. The lowest BCUT2D eigenvalue weighted by atomic mass is 10.1. The van der Waals surface area contributed by atoms with Gasteiger partial charge in [0.25, 0.3) is 0 Å². The summed E-state index contributed by atoms with van der Waals surface area (Å²) in [5.41, 5.74) is 4.08. The molecule has 3 aromatic heterocycles. The van der Waals surface area contributed by atoms with Crippen LogP contribution in [-0.2, 0) is 10.5 Å². The Bertz CT molecular complexity index is 1130. The van der Waals surface area contributed by atoms with Crippen molar-refractivity contribution >= 4 is 50.7 Å². The van der Waals surface area contributed by atoms with Crippen molar-refractivity contribution in [3.05, 3.63) is 47.0 Å². The second-order valence-electron chi connectivity index (χ2n) is 6.19. The van der Waals surface area contributed by atoms with Crippen LogP contribution in [0.1, 0.15) is 25.1 Å². The molecule has 0 atom stereocenters. The Kier molecular flexibility index (Phi) is 4.84. The standard InChI is InChI=1S/C19H19N5OS2/c1-4-23(13(3)25)18-20-14(10-26-18)11-27-19-22-21-17-9-12(2)15-7-5-6-8-16(15)24(17)19/h5-10H,4,11H2,1-3H3. The van der Waals surface area contributed by atoms with Crippen LogP contribution in [0.4, 0.5) is 5.13 Å². The lowest BCUT2D eigenvalue weighted by Crippen LogP contribution is -2.27. The van der Waals surface area contributed by atoms with Crippen molar-refractivity contribution in [2.45, 2.75) is 31.7 Å². The summed E-state index contributed by atoms with van der Waals surface area (Å²) in [7, 11) is 0. The molecule has 3 heterocycles. The van der Waals surface area contributed by atoms with Crippen LogP contribution in [0.5, 0.6) is 0 Å². The lowest BCUT2D eigenvalue weighted by molar-refractivity contribution is -0.116. The Hall–Kier alpha value is -2.45. The molecule has 0 saturated heterocycles. The van der Waals surface area contributed by atoms with E-state index < -0.39 is 0 Å². The molecule has 0 unspecified atom stereocenters. The predicted molar refractivity (Wildman–Crippen MR) is 111 cm³/mol. The Morgan fingerprint density at radius 2 is 2.11 bits per heavy atom. The van der Waals surface area contributed by atoms with Gasteiger partial charge >= 0.3 is 0 Å². The van der Waals surface area contributed by atoms with Crippen molar-refractivity contribution in [2.24, 2.45) is 0 Å². The Morgan fingerprint density at radius 3 is 2.89 bits per heavy atom. The monoisotopic (exact) mass is 397 g/mol. The number of pyridine rings is 1. The SMILES string of the molecule is CCN(C(C)=O)c1nc(CSc2nnc3cc(C)c4ccccc4n23)cs1. The van der Waals surface area contributed by atoms with Crippen LogP contribution in [0.25, 0.3) is 16.6 Å². The maximum Gasteiger partial charge on any atom is 0.225 e. The third-order valence-electron chi connectivity index (χ3n) is 4.39. The number of hydrogen-bond acceptors (Lipinski definition) is 6. The molecular weight excluding hydrogens is 378 g/mol. The van der Waals surface area contributed by atoms with Crippen molar-refractivity contribution in [3.63, 3.8) is 0 Å². The number of nitrogens with zero attached hydrogens (tertiary/aromatic N) is 5. The number of anilines is 1. The minimum Gasteiger partial charge on any atom is -0.289 e. The number of carbonyl (C=O) groups is 1. The number of aromatic nitrogens is 4. The number of thioether (sulfide) groups is 1. The number of para-hydroxylation sites is 1. The maximum absolute atomic E-state index is 11.7. The smallest absolute Gasteiger partial charge is 0.225 e. The summed E-state index contributed by atoms with van der Waals surface area (Å²) in [5.74, 6) is 0.686. The van der Waals surface area contributed by atoms with Crippen LogP contribution in [0.15, 0.2) is 40.9 Å². The summed E-state index contributed by atoms with van der Waals surface area (Å²) in [4.78, 5) is 18.0. The number of thiazole rings is 1. The molecule has 0 N–H and O–H groups in total. The fourth-order valence-electron chi connectivity index (χ4n) is 3.09. The first-order valence-electron chi connectivity index (χ1n) is 8.67. The molecule has 0 bridgehead atoms. The molecule has 6 nitrogen and oxygen atoms in total. The van der Waals surface area contributed by atoms with E-state index in [1.165, 1.54) is 22.3 Å².